The zero-order valence-corrected chi connectivity index (χ0v) is 11.9. The second-order valence-corrected chi connectivity index (χ2v) is 5.33. The SMILES string of the molecule is NC(Cc1cccc(C(F)(F)F)c1)c1ccc(Br)cn1. The van der Waals surface area contributed by atoms with E-state index in [9.17, 15) is 13.2 Å². The fourth-order valence-electron chi connectivity index (χ4n) is 1.84. The zero-order chi connectivity index (χ0) is 14.8. The van der Waals surface area contributed by atoms with Crippen molar-refractivity contribution in [3.63, 3.8) is 0 Å². The Morgan fingerprint density at radius 2 is 1.95 bits per heavy atom. The molecule has 1 aromatic heterocycles. The number of nitrogens with two attached hydrogens (primary N) is 1. The molecule has 20 heavy (non-hydrogen) atoms. The molecule has 0 saturated heterocycles. The van der Waals surface area contributed by atoms with E-state index >= 15 is 0 Å². The summed E-state index contributed by atoms with van der Waals surface area (Å²) in [6.45, 7) is 0. The van der Waals surface area contributed by atoms with E-state index in [1.807, 2.05) is 0 Å². The molecule has 1 atom stereocenters. The van der Waals surface area contributed by atoms with Crippen molar-refractivity contribution in [2.45, 2.75) is 18.6 Å². The molecule has 2 N–H and O–H groups in total. The summed E-state index contributed by atoms with van der Waals surface area (Å²) in [7, 11) is 0. The zero-order valence-electron chi connectivity index (χ0n) is 10.4. The molecule has 0 aliphatic carbocycles. The summed E-state index contributed by atoms with van der Waals surface area (Å²) >= 11 is 3.26. The minimum atomic E-state index is -4.34. The van der Waals surface area contributed by atoms with Crippen LogP contribution in [0.1, 0.15) is 22.9 Å². The molecule has 0 amide bonds. The van der Waals surface area contributed by atoms with E-state index in [0.29, 0.717) is 17.7 Å². The maximum atomic E-state index is 12.6. The fraction of sp³-hybridized carbons (Fsp3) is 0.214. The number of nitrogens with zero attached hydrogens (tertiary/aromatic N) is 1. The Bertz CT molecular complexity index is 582. The Balaban J connectivity index is 2.15. The third-order valence-electron chi connectivity index (χ3n) is 2.84. The Morgan fingerprint density at radius 3 is 2.55 bits per heavy atom. The molecule has 2 rings (SSSR count). The fourth-order valence-corrected chi connectivity index (χ4v) is 2.07. The largest absolute Gasteiger partial charge is 0.416 e. The monoisotopic (exact) mass is 344 g/mol. The summed E-state index contributed by atoms with van der Waals surface area (Å²) in [4.78, 5) is 4.15. The second kappa shape index (κ2) is 5.93. The quantitative estimate of drug-likeness (QED) is 0.910. The molecule has 0 aliphatic rings. The van der Waals surface area contributed by atoms with E-state index in [0.717, 1.165) is 16.6 Å². The van der Waals surface area contributed by atoms with Gasteiger partial charge in [0.25, 0.3) is 0 Å². The molecule has 0 aliphatic heterocycles. The van der Waals surface area contributed by atoms with Crippen molar-refractivity contribution in [2.75, 3.05) is 0 Å². The van der Waals surface area contributed by atoms with E-state index in [-0.39, 0.29) is 0 Å². The molecular formula is C14H12BrF3N2. The highest BCUT2D eigenvalue weighted by atomic mass is 79.9. The van der Waals surface area contributed by atoms with Crippen LogP contribution in [0.5, 0.6) is 0 Å². The minimum Gasteiger partial charge on any atom is -0.322 e. The van der Waals surface area contributed by atoms with Gasteiger partial charge < -0.3 is 5.73 Å². The number of hydrogen-bond acceptors (Lipinski definition) is 2. The summed E-state index contributed by atoms with van der Waals surface area (Å²) in [6.07, 6.45) is -2.42. The third kappa shape index (κ3) is 3.80. The van der Waals surface area contributed by atoms with Crippen LogP contribution in [0, 0.1) is 0 Å². The average Bonchev–Trinajstić information content (AvgIpc) is 2.38. The molecule has 0 radical (unpaired) electrons. The number of aromatic nitrogens is 1. The summed E-state index contributed by atoms with van der Waals surface area (Å²) in [5.74, 6) is 0. The normalized spacial score (nSPS) is 13.2. The Kier molecular flexibility index (Phi) is 4.45. The van der Waals surface area contributed by atoms with Crippen LogP contribution in [0.3, 0.4) is 0 Å². The van der Waals surface area contributed by atoms with Gasteiger partial charge in [0.15, 0.2) is 0 Å². The number of benzene rings is 1. The summed E-state index contributed by atoms with van der Waals surface area (Å²) in [5.41, 5.74) is 6.50. The summed E-state index contributed by atoms with van der Waals surface area (Å²) in [5, 5.41) is 0. The molecule has 1 heterocycles. The molecule has 1 unspecified atom stereocenters. The average molecular weight is 345 g/mol. The van der Waals surface area contributed by atoms with E-state index in [2.05, 4.69) is 20.9 Å². The first-order valence-electron chi connectivity index (χ1n) is 5.89. The van der Waals surface area contributed by atoms with Crippen LogP contribution in [-0.2, 0) is 12.6 Å². The minimum absolute atomic E-state index is 0.304. The molecule has 2 nitrogen and oxygen atoms in total. The lowest BCUT2D eigenvalue weighted by molar-refractivity contribution is -0.137. The number of pyridine rings is 1. The van der Waals surface area contributed by atoms with Crippen molar-refractivity contribution in [3.05, 3.63) is 63.9 Å². The number of rotatable bonds is 3. The van der Waals surface area contributed by atoms with Gasteiger partial charge in [-0.3, -0.25) is 4.98 Å². The van der Waals surface area contributed by atoms with Crippen molar-refractivity contribution in [1.29, 1.82) is 0 Å². The van der Waals surface area contributed by atoms with Gasteiger partial charge in [-0.05, 0) is 46.1 Å². The summed E-state index contributed by atoms with van der Waals surface area (Å²) < 4.78 is 38.7. The van der Waals surface area contributed by atoms with Crippen LogP contribution in [0.15, 0.2) is 47.1 Å². The van der Waals surface area contributed by atoms with Gasteiger partial charge in [-0.15, -0.1) is 0 Å². The molecule has 2 aromatic rings. The van der Waals surface area contributed by atoms with Crippen molar-refractivity contribution in [2.24, 2.45) is 5.73 Å². The van der Waals surface area contributed by atoms with Crippen molar-refractivity contribution >= 4 is 15.9 Å². The van der Waals surface area contributed by atoms with Crippen LogP contribution < -0.4 is 5.73 Å². The van der Waals surface area contributed by atoms with E-state index in [4.69, 9.17) is 5.73 Å². The van der Waals surface area contributed by atoms with Gasteiger partial charge in [0, 0.05) is 10.7 Å². The molecule has 6 heteroatoms. The Labute approximate surface area is 123 Å². The van der Waals surface area contributed by atoms with Crippen molar-refractivity contribution in [3.8, 4) is 0 Å². The lowest BCUT2D eigenvalue weighted by Gasteiger charge is -2.13. The molecule has 106 valence electrons. The highest BCUT2D eigenvalue weighted by Gasteiger charge is 2.30. The van der Waals surface area contributed by atoms with Gasteiger partial charge in [0.2, 0.25) is 0 Å². The van der Waals surface area contributed by atoms with Gasteiger partial charge in [-0.1, -0.05) is 18.2 Å². The Hall–Kier alpha value is -1.40. The summed E-state index contributed by atoms with van der Waals surface area (Å²) in [6, 6.07) is 8.31. The number of alkyl halides is 3. The first-order valence-corrected chi connectivity index (χ1v) is 6.69. The third-order valence-corrected chi connectivity index (χ3v) is 3.31. The van der Waals surface area contributed by atoms with Crippen LogP contribution in [-0.4, -0.2) is 4.98 Å². The smallest absolute Gasteiger partial charge is 0.322 e. The van der Waals surface area contributed by atoms with Crippen molar-refractivity contribution in [1.82, 2.24) is 4.98 Å². The topological polar surface area (TPSA) is 38.9 Å². The first-order chi connectivity index (χ1) is 9.36. The number of hydrogen-bond donors (Lipinski definition) is 1. The Morgan fingerprint density at radius 1 is 1.20 bits per heavy atom. The van der Waals surface area contributed by atoms with Crippen LogP contribution >= 0.6 is 15.9 Å². The van der Waals surface area contributed by atoms with Crippen LogP contribution in [0.25, 0.3) is 0 Å². The molecule has 0 bridgehead atoms. The molecule has 0 spiro atoms. The maximum Gasteiger partial charge on any atom is 0.416 e. The predicted molar refractivity (Wildman–Crippen MR) is 74.0 cm³/mol. The number of halogens is 4. The molecule has 0 fully saturated rings. The van der Waals surface area contributed by atoms with Crippen molar-refractivity contribution < 1.29 is 13.2 Å². The maximum absolute atomic E-state index is 12.6. The van der Waals surface area contributed by atoms with Gasteiger partial charge >= 0.3 is 6.18 Å². The standard InChI is InChI=1S/C14H12BrF3N2/c15-11-4-5-13(20-8-11)12(19)7-9-2-1-3-10(6-9)14(16,17)18/h1-6,8,12H,7,19H2. The second-order valence-electron chi connectivity index (χ2n) is 4.41. The van der Waals surface area contributed by atoms with Gasteiger partial charge in [0.05, 0.1) is 17.3 Å². The predicted octanol–water partition coefficient (Wildman–Crippen LogP) is 4.11. The van der Waals surface area contributed by atoms with Crippen LogP contribution in [0.2, 0.25) is 0 Å². The highest BCUT2D eigenvalue weighted by Crippen LogP contribution is 2.30. The van der Waals surface area contributed by atoms with Gasteiger partial charge in [0.1, 0.15) is 0 Å². The van der Waals surface area contributed by atoms with E-state index in [1.165, 1.54) is 6.07 Å². The van der Waals surface area contributed by atoms with E-state index in [1.54, 1.807) is 24.4 Å². The first kappa shape index (κ1) is 15.0. The van der Waals surface area contributed by atoms with Gasteiger partial charge in [-0.2, -0.15) is 13.2 Å². The lowest BCUT2D eigenvalue weighted by atomic mass is 10.0. The molecular weight excluding hydrogens is 333 g/mol. The highest BCUT2D eigenvalue weighted by molar-refractivity contribution is 9.10. The lowest BCUT2D eigenvalue weighted by Crippen LogP contribution is -2.15. The molecule has 0 saturated carbocycles. The van der Waals surface area contributed by atoms with Crippen LogP contribution in [0.4, 0.5) is 13.2 Å². The molecule has 1 aromatic carbocycles. The van der Waals surface area contributed by atoms with E-state index < -0.39 is 17.8 Å². The van der Waals surface area contributed by atoms with Gasteiger partial charge in [-0.25, -0.2) is 0 Å².